The standard InChI is InChI=1S/C29H37NO5/c1-7-10-13-22-20(6)27(33)29(28(22)34,30-25(31)14-11-8-2)23-17-16-21(19(4)5)18-24(23)35-26(32)15-12-9-3/h7,10,13,16-19H,1,8-9,11-12,14-15H2,2-6H3,(H,30,31)/b13-10-. The third-order valence-corrected chi connectivity index (χ3v) is 6.19. The van der Waals surface area contributed by atoms with Crippen molar-refractivity contribution in [2.75, 3.05) is 0 Å². The number of esters is 1. The number of rotatable bonds is 12. The van der Waals surface area contributed by atoms with E-state index in [1.807, 2.05) is 27.7 Å². The Morgan fingerprint density at radius 3 is 2.34 bits per heavy atom. The molecule has 0 heterocycles. The van der Waals surface area contributed by atoms with Gasteiger partial charge >= 0.3 is 5.97 Å². The van der Waals surface area contributed by atoms with E-state index in [1.165, 1.54) is 12.2 Å². The number of amides is 1. The molecule has 0 fully saturated rings. The first-order valence-corrected chi connectivity index (χ1v) is 12.4. The van der Waals surface area contributed by atoms with Crippen molar-refractivity contribution in [3.05, 3.63) is 65.3 Å². The highest BCUT2D eigenvalue weighted by molar-refractivity contribution is 6.33. The SMILES string of the molecule is C=C/C=C\C1=C(C)C(=O)C(NC(=O)CCCC)(c2ccc(C(C)C)cc2OC(=O)CCCC)C1=O. The molecule has 1 amide bonds. The monoisotopic (exact) mass is 479 g/mol. The molecule has 1 atom stereocenters. The highest BCUT2D eigenvalue weighted by Crippen LogP contribution is 2.42. The molecule has 0 saturated carbocycles. The van der Waals surface area contributed by atoms with Gasteiger partial charge in [0.1, 0.15) is 5.75 Å². The van der Waals surface area contributed by atoms with E-state index in [1.54, 1.807) is 31.2 Å². The van der Waals surface area contributed by atoms with Crippen LogP contribution in [0, 0.1) is 0 Å². The molecule has 1 aliphatic rings. The van der Waals surface area contributed by atoms with Crippen molar-refractivity contribution in [1.29, 1.82) is 0 Å². The van der Waals surface area contributed by atoms with Gasteiger partial charge < -0.3 is 10.1 Å². The molecule has 1 aromatic rings. The van der Waals surface area contributed by atoms with Crippen LogP contribution in [0.15, 0.2) is 54.2 Å². The molecule has 0 spiro atoms. The molecule has 0 aromatic heterocycles. The predicted molar refractivity (Wildman–Crippen MR) is 137 cm³/mol. The van der Waals surface area contributed by atoms with Crippen LogP contribution in [0.4, 0.5) is 0 Å². The summed E-state index contributed by atoms with van der Waals surface area (Å²) in [6.45, 7) is 13.1. The molecule has 6 heteroatoms. The van der Waals surface area contributed by atoms with Gasteiger partial charge in [-0.3, -0.25) is 19.2 Å². The highest BCUT2D eigenvalue weighted by Gasteiger charge is 2.56. The van der Waals surface area contributed by atoms with E-state index in [2.05, 4.69) is 11.9 Å². The summed E-state index contributed by atoms with van der Waals surface area (Å²) in [4.78, 5) is 53.2. The Balaban J connectivity index is 2.73. The number of nitrogens with one attached hydrogen (secondary N) is 1. The number of Topliss-reactive ketones (excluding diaryl/α,β-unsaturated/α-hetero) is 2. The van der Waals surface area contributed by atoms with Gasteiger partial charge in [-0.25, -0.2) is 0 Å². The van der Waals surface area contributed by atoms with Gasteiger partial charge in [0.25, 0.3) is 0 Å². The molecular weight excluding hydrogens is 442 g/mol. The van der Waals surface area contributed by atoms with Crippen LogP contribution in [0.1, 0.15) is 90.2 Å². The number of benzene rings is 1. The zero-order chi connectivity index (χ0) is 26.2. The largest absolute Gasteiger partial charge is 0.426 e. The first kappa shape index (κ1) is 28.0. The maximum absolute atomic E-state index is 13.9. The van der Waals surface area contributed by atoms with Gasteiger partial charge in [0.2, 0.25) is 11.7 Å². The van der Waals surface area contributed by atoms with Crippen molar-refractivity contribution < 1.29 is 23.9 Å². The van der Waals surface area contributed by atoms with E-state index < -0.39 is 29.0 Å². The van der Waals surface area contributed by atoms with Gasteiger partial charge in [0.15, 0.2) is 11.3 Å². The van der Waals surface area contributed by atoms with Crippen molar-refractivity contribution >= 4 is 23.4 Å². The van der Waals surface area contributed by atoms with Gasteiger partial charge in [-0.05, 0) is 37.3 Å². The molecule has 35 heavy (non-hydrogen) atoms. The molecule has 1 aliphatic carbocycles. The summed E-state index contributed by atoms with van der Waals surface area (Å²) in [6, 6.07) is 5.12. The number of ketones is 2. The highest BCUT2D eigenvalue weighted by atomic mass is 16.5. The Bertz CT molecular complexity index is 1060. The molecule has 2 rings (SSSR count). The first-order chi connectivity index (χ1) is 16.6. The first-order valence-electron chi connectivity index (χ1n) is 12.4. The van der Waals surface area contributed by atoms with Gasteiger partial charge in [-0.15, -0.1) is 0 Å². The van der Waals surface area contributed by atoms with Crippen molar-refractivity contribution in [3.8, 4) is 5.75 Å². The van der Waals surface area contributed by atoms with Crippen molar-refractivity contribution in [2.45, 2.75) is 84.6 Å². The van der Waals surface area contributed by atoms with E-state index in [-0.39, 0.29) is 41.2 Å². The smallest absolute Gasteiger partial charge is 0.311 e. The average Bonchev–Trinajstić information content (AvgIpc) is 3.00. The van der Waals surface area contributed by atoms with E-state index >= 15 is 0 Å². The normalized spacial score (nSPS) is 18.0. The van der Waals surface area contributed by atoms with Crippen LogP contribution >= 0.6 is 0 Å². The van der Waals surface area contributed by atoms with E-state index in [9.17, 15) is 19.2 Å². The Labute approximate surface area is 208 Å². The van der Waals surface area contributed by atoms with E-state index in [4.69, 9.17) is 4.74 Å². The van der Waals surface area contributed by atoms with E-state index in [0.29, 0.717) is 12.8 Å². The summed E-state index contributed by atoms with van der Waals surface area (Å²) in [6.07, 6.45) is 7.88. The Kier molecular flexibility index (Phi) is 9.93. The fraction of sp³-hybridized carbons (Fsp3) is 0.448. The number of ether oxygens (including phenoxy) is 1. The molecule has 0 bridgehead atoms. The molecule has 0 aliphatic heterocycles. The summed E-state index contributed by atoms with van der Waals surface area (Å²) < 4.78 is 5.74. The van der Waals surface area contributed by atoms with Crippen LogP contribution < -0.4 is 10.1 Å². The number of carbonyl (C=O) groups excluding carboxylic acids is 4. The second kappa shape index (κ2) is 12.4. The Hall–Kier alpha value is -3.28. The van der Waals surface area contributed by atoms with Crippen LogP contribution in [-0.2, 0) is 24.7 Å². The Morgan fingerprint density at radius 1 is 1.09 bits per heavy atom. The predicted octanol–water partition coefficient (Wildman–Crippen LogP) is 5.62. The maximum Gasteiger partial charge on any atom is 0.311 e. The van der Waals surface area contributed by atoms with Crippen molar-refractivity contribution in [3.63, 3.8) is 0 Å². The summed E-state index contributed by atoms with van der Waals surface area (Å²) >= 11 is 0. The zero-order valence-electron chi connectivity index (χ0n) is 21.5. The second-order valence-electron chi connectivity index (χ2n) is 9.18. The number of allylic oxidation sites excluding steroid dienone is 3. The minimum atomic E-state index is -1.99. The molecule has 1 unspecified atom stereocenters. The van der Waals surface area contributed by atoms with Crippen molar-refractivity contribution in [1.82, 2.24) is 5.32 Å². The van der Waals surface area contributed by atoms with Gasteiger partial charge in [0, 0.05) is 29.6 Å². The summed E-state index contributed by atoms with van der Waals surface area (Å²) in [5, 5.41) is 2.75. The summed E-state index contributed by atoms with van der Waals surface area (Å²) in [5.41, 5.74) is -0.505. The summed E-state index contributed by atoms with van der Waals surface area (Å²) in [5.74, 6) is -1.70. The lowest BCUT2D eigenvalue weighted by atomic mass is 9.81. The Morgan fingerprint density at radius 2 is 1.74 bits per heavy atom. The molecular formula is C29H37NO5. The number of hydrogen-bond donors (Lipinski definition) is 1. The number of hydrogen-bond acceptors (Lipinski definition) is 5. The second-order valence-corrected chi connectivity index (χ2v) is 9.18. The quantitative estimate of drug-likeness (QED) is 0.182. The van der Waals surface area contributed by atoms with E-state index in [0.717, 1.165) is 18.4 Å². The van der Waals surface area contributed by atoms with Crippen LogP contribution in [0.2, 0.25) is 0 Å². The fourth-order valence-corrected chi connectivity index (χ4v) is 4.07. The van der Waals surface area contributed by atoms with Crippen LogP contribution in [0.25, 0.3) is 0 Å². The molecule has 1 aromatic carbocycles. The minimum absolute atomic E-state index is 0.119. The lowest BCUT2D eigenvalue weighted by Crippen LogP contribution is -2.55. The lowest BCUT2D eigenvalue weighted by molar-refractivity contribution is -0.137. The van der Waals surface area contributed by atoms with Crippen LogP contribution in [-0.4, -0.2) is 23.4 Å². The lowest BCUT2D eigenvalue weighted by Gasteiger charge is -2.30. The number of carbonyl (C=O) groups is 4. The maximum atomic E-state index is 13.9. The molecule has 0 saturated heterocycles. The van der Waals surface area contributed by atoms with Crippen molar-refractivity contribution in [2.24, 2.45) is 0 Å². The molecule has 6 nitrogen and oxygen atoms in total. The summed E-state index contributed by atoms with van der Waals surface area (Å²) in [7, 11) is 0. The average molecular weight is 480 g/mol. The zero-order valence-corrected chi connectivity index (χ0v) is 21.5. The van der Waals surface area contributed by atoms with Gasteiger partial charge in [-0.1, -0.05) is 77.5 Å². The van der Waals surface area contributed by atoms with Crippen LogP contribution in [0.5, 0.6) is 5.75 Å². The third-order valence-electron chi connectivity index (χ3n) is 6.19. The van der Waals surface area contributed by atoms with Gasteiger partial charge in [0.05, 0.1) is 0 Å². The topological polar surface area (TPSA) is 89.5 Å². The molecule has 188 valence electrons. The third kappa shape index (κ3) is 6.05. The minimum Gasteiger partial charge on any atom is -0.426 e. The van der Waals surface area contributed by atoms with Gasteiger partial charge in [-0.2, -0.15) is 0 Å². The molecule has 0 radical (unpaired) electrons. The van der Waals surface area contributed by atoms with Crippen LogP contribution in [0.3, 0.4) is 0 Å². The fourth-order valence-electron chi connectivity index (χ4n) is 4.07. The number of unbranched alkanes of at least 4 members (excludes halogenated alkanes) is 2. The molecule has 1 N–H and O–H groups in total.